The molecule has 3 N–H and O–H groups in total. The van der Waals surface area contributed by atoms with Gasteiger partial charge in [-0.05, 0) is 23.6 Å². The summed E-state index contributed by atoms with van der Waals surface area (Å²) in [5.41, 5.74) is 5.05. The third kappa shape index (κ3) is 2.78. The van der Waals surface area contributed by atoms with Crippen LogP contribution in [-0.2, 0) is 0 Å². The number of carbonyl (C=O) groups excluding carboxylic acids is 2. The molecule has 0 aliphatic rings. The summed E-state index contributed by atoms with van der Waals surface area (Å²) < 4.78 is 26.5. The first kappa shape index (κ1) is 14.4. The molecule has 0 bridgehead atoms. The molecule has 0 spiro atoms. The maximum Gasteiger partial charge on any atom is 0.260 e. The van der Waals surface area contributed by atoms with Gasteiger partial charge in [0.15, 0.2) is 0 Å². The second-order valence-corrected chi connectivity index (χ2v) is 5.03. The quantitative estimate of drug-likeness (QED) is 0.854. The van der Waals surface area contributed by atoms with Gasteiger partial charge < -0.3 is 11.1 Å². The van der Waals surface area contributed by atoms with Crippen molar-refractivity contribution < 1.29 is 18.4 Å². The molecule has 104 valence electrons. The standard InChI is InChI=1S/C12H7ClF2N2O2S/c13-9-6(14)3-5(4-7(9)15)12(19)17-8-1-2-20-10(8)11(16)18/h1-4H,(H2,16,18)(H,17,19). The Bertz CT molecular complexity index is 680. The van der Waals surface area contributed by atoms with E-state index in [-0.39, 0.29) is 16.1 Å². The summed E-state index contributed by atoms with van der Waals surface area (Å²) in [6.45, 7) is 0. The number of hydrogen-bond donors (Lipinski definition) is 2. The van der Waals surface area contributed by atoms with Crippen molar-refractivity contribution >= 4 is 40.4 Å². The summed E-state index contributed by atoms with van der Waals surface area (Å²) in [6.07, 6.45) is 0. The van der Waals surface area contributed by atoms with Crippen molar-refractivity contribution in [3.63, 3.8) is 0 Å². The molecular formula is C12H7ClF2N2O2S. The van der Waals surface area contributed by atoms with Gasteiger partial charge in [0.25, 0.3) is 11.8 Å². The third-order valence-corrected chi connectivity index (χ3v) is 3.67. The Hall–Kier alpha value is -1.99. The lowest BCUT2D eigenvalue weighted by Crippen LogP contribution is -2.16. The van der Waals surface area contributed by atoms with Crippen LogP contribution in [0.2, 0.25) is 5.02 Å². The fourth-order valence-electron chi connectivity index (χ4n) is 1.48. The Labute approximate surface area is 121 Å². The molecule has 0 saturated heterocycles. The van der Waals surface area contributed by atoms with Crippen LogP contribution in [0.5, 0.6) is 0 Å². The zero-order chi connectivity index (χ0) is 14.9. The topological polar surface area (TPSA) is 72.2 Å². The first-order valence-corrected chi connectivity index (χ1v) is 6.49. The monoisotopic (exact) mass is 316 g/mol. The van der Waals surface area contributed by atoms with E-state index in [0.29, 0.717) is 0 Å². The molecule has 0 saturated carbocycles. The summed E-state index contributed by atoms with van der Waals surface area (Å²) in [6, 6.07) is 3.07. The van der Waals surface area contributed by atoms with Crippen molar-refractivity contribution in [3.05, 3.63) is 50.7 Å². The fraction of sp³-hybridized carbons (Fsp3) is 0. The van der Waals surface area contributed by atoms with Gasteiger partial charge >= 0.3 is 0 Å². The first-order valence-electron chi connectivity index (χ1n) is 5.23. The number of rotatable bonds is 3. The smallest absolute Gasteiger partial charge is 0.260 e. The third-order valence-electron chi connectivity index (χ3n) is 2.38. The van der Waals surface area contributed by atoms with Crippen LogP contribution < -0.4 is 11.1 Å². The lowest BCUT2D eigenvalue weighted by molar-refractivity contribution is 0.100. The van der Waals surface area contributed by atoms with Gasteiger partial charge in [-0.3, -0.25) is 9.59 Å². The van der Waals surface area contributed by atoms with E-state index in [2.05, 4.69) is 5.32 Å². The van der Waals surface area contributed by atoms with E-state index in [1.165, 1.54) is 6.07 Å². The van der Waals surface area contributed by atoms with Gasteiger partial charge in [-0.15, -0.1) is 11.3 Å². The van der Waals surface area contributed by atoms with Crippen LogP contribution in [0.15, 0.2) is 23.6 Å². The number of thiophene rings is 1. The van der Waals surface area contributed by atoms with E-state index in [0.717, 1.165) is 23.5 Å². The van der Waals surface area contributed by atoms with Crippen LogP contribution in [-0.4, -0.2) is 11.8 Å². The van der Waals surface area contributed by atoms with E-state index in [1.807, 2.05) is 0 Å². The highest BCUT2D eigenvalue weighted by Gasteiger charge is 2.17. The molecule has 20 heavy (non-hydrogen) atoms. The van der Waals surface area contributed by atoms with E-state index in [9.17, 15) is 18.4 Å². The highest BCUT2D eigenvalue weighted by molar-refractivity contribution is 7.12. The number of primary amides is 1. The average Bonchev–Trinajstić information content (AvgIpc) is 2.83. The lowest BCUT2D eigenvalue weighted by atomic mass is 10.2. The highest BCUT2D eigenvalue weighted by Crippen LogP contribution is 2.24. The molecule has 0 radical (unpaired) electrons. The SMILES string of the molecule is NC(=O)c1sccc1NC(=O)c1cc(F)c(Cl)c(F)c1. The van der Waals surface area contributed by atoms with Gasteiger partial charge in [0.1, 0.15) is 21.5 Å². The van der Waals surface area contributed by atoms with Crippen molar-refractivity contribution in [2.45, 2.75) is 0 Å². The molecule has 2 aromatic rings. The molecule has 2 amide bonds. The number of benzene rings is 1. The molecular weight excluding hydrogens is 310 g/mol. The van der Waals surface area contributed by atoms with Gasteiger partial charge in [0, 0.05) is 5.56 Å². The van der Waals surface area contributed by atoms with Crippen LogP contribution in [0, 0.1) is 11.6 Å². The van der Waals surface area contributed by atoms with Crippen molar-refractivity contribution in [1.29, 1.82) is 0 Å². The van der Waals surface area contributed by atoms with Gasteiger partial charge in [-0.1, -0.05) is 11.6 Å². The summed E-state index contributed by atoms with van der Waals surface area (Å²) >= 11 is 6.37. The molecule has 8 heteroatoms. The van der Waals surface area contributed by atoms with E-state index in [1.54, 1.807) is 5.38 Å². The second-order valence-electron chi connectivity index (χ2n) is 3.74. The number of halogens is 3. The molecule has 4 nitrogen and oxygen atoms in total. The minimum Gasteiger partial charge on any atom is -0.365 e. The molecule has 2 rings (SSSR count). The zero-order valence-electron chi connectivity index (χ0n) is 9.75. The van der Waals surface area contributed by atoms with E-state index >= 15 is 0 Å². The Morgan fingerprint density at radius 3 is 2.40 bits per heavy atom. The normalized spacial score (nSPS) is 10.3. The van der Waals surface area contributed by atoms with Crippen LogP contribution in [0.1, 0.15) is 20.0 Å². The van der Waals surface area contributed by atoms with Crippen molar-refractivity contribution in [2.75, 3.05) is 5.32 Å². The Morgan fingerprint density at radius 2 is 1.85 bits per heavy atom. The molecule has 0 unspecified atom stereocenters. The van der Waals surface area contributed by atoms with Gasteiger partial charge in [-0.2, -0.15) is 0 Å². The first-order chi connectivity index (χ1) is 9.40. The van der Waals surface area contributed by atoms with Gasteiger partial charge in [0.05, 0.1) is 5.69 Å². The summed E-state index contributed by atoms with van der Waals surface area (Å²) in [5.74, 6) is -3.57. The number of anilines is 1. The van der Waals surface area contributed by atoms with E-state index < -0.39 is 28.5 Å². The predicted molar refractivity (Wildman–Crippen MR) is 72.2 cm³/mol. The Kier molecular flexibility index (Phi) is 4.01. The minimum absolute atomic E-state index is 0.147. The predicted octanol–water partition coefficient (Wildman–Crippen LogP) is 3.03. The highest BCUT2D eigenvalue weighted by atomic mass is 35.5. The van der Waals surface area contributed by atoms with Crippen molar-refractivity contribution in [2.24, 2.45) is 5.73 Å². The largest absolute Gasteiger partial charge is 0.365 e. The van der Waals surface area contributed by atoms with Gasteiger partial charge in [-0.25, -0.2) is 8.78 Å². The summed E-state index contributed by atoms with van der Waals surface area (Å²) in [4.78, 5) is 23.1. The summed E-state index contributed by atoms with van der Waals surface area (Å²) in [7, 11) is 0. The van der Waals surface area contributed by atoms with Crippen LogP contribution >= 0.6 is 22.9 Å². The molecule has 0 aliphatic carbocycles. The van der Waals surface area contributed by atoms with Crippen molar-refractivity contribution in [1.82, 2.24) is 0 Å². The Balaban J connectivity index is 2.29. The maximum atomic E-state index is 13.3. The molecule has 0 fully saturated rings. The fourth-order valence-corrected chi connectivity index (χ4v) is 2.29. The lowest BCUT2D eigenvalue weighted by Gasteiger charge is -2.06. The zero-order valence-corrected chi connectivity index (χ0v) is 11.3. The van der Waals surface area contributed by atoms with E-state index in [4.69, 9.17) is 17.3 Å². The number of carbonyl (C=O) groups is 2. The Morgan fingerprint density at radius 1 is 1.25 bits per heavy atom. The van der Waals surface area contributed by atoms with Crippen molar-refractivity contribution in [3.8, 4) is 0 Å². The number of amides is 2. The minimum atomic E-state index is -1.04. The van der Waals surface area contributed by atoms with Crippen LogP contribution in [0.3, 0.4) is 0 Å². The molecule has 1 heterocycles. The molecule has 0 atom stereocenters. The average molecular weight is 317 g/mol. The van der Waals surface area contributed by atoms with Crippen LogP contribution in [0.4, 0.5) is 14.5 Å². The number of hydrogen-bond acceptors (Lipinski definition) is 3. The second kappa shape index (κ2) is 5.56. The van der Waals surface area contributed by atoms with Gasteiger partial charge in [0.2, 0.25) is 0 Å². The molecule has 1 aromatic carbocycles. The molecule has 1 aromatic heterocycles. The molecule has 0 aliphatic heterocycles. The van der Waals surface area contributed by atoms with Crippen LogP contribution in [0.25, 0.3) is 0 Å². The number of nitrogens with one attached hydrogen (secondary N) is 1. The number of nitrogens with two attached hydrogens (primary N) is 1. The summed E-state index contributed by atoms with van der Waals surface area (Å²) in [5, 5.41) is 3.23. The maximum absolute atomic E-state index is 13.3.